The molecule has 4 aromatic rings. The highest BCUT2D eigenvalue weighted by Gasteiger charge is 2.24. The zero-order chi connectivity index (χ0) is 23.7. The molecule has 4 rings (SSSR count). The van der Waals surface area contributed by atoms with Gasteiger partial charge in [-0.3, -0.25) is 18.7 Å². The maximum absolute atomic E-state index is 13.2. The Labute approximate surface area is 189 Å². The van der Waals surface area contributed by atoms with Crippen LogP contribution in [0.5, 0.6) is 5.75 Å². The number of rotatable bonds is 7. The van der Waals surface area contributed by atoms with Crippen LogP contribution < -0.4 is 16.2 Å². The standard InChI is InChI=1S/C24H23N5O4/c1-4-28-23-20(29(24(28)32)13-18(30)15-10-8-14(2)9-11-15)19(21(25)31)26-22(27-23)16-6-5-7-17(12-16)33-3/h5-12H,4,13H2,1-3H3,(H2,25,31). The van der Waals surface area contributed by atoms with E-state index in [0.717, 1.165) is 5.56 Å². The van der Waals surface area contributed by atoms with Gasteiger partial charge in [-0.15, -0.1) is 0 Å². The SMILES string of the molecule is CCn1c(=O)n(CC(=O)c2ccc(C)cc2)c2c(C(N)=O)nc(-c3cccc(OC)c3)nc21. The molecule has 2 aromatic carbocycles. The van der Waals surface area contributed by atoms with Gasteiger partial charge in [-0.1, -0.05) is 42.0 Å². The highest BCUT2D eigenvalue weighted by molar-refractivity contribution is 6.03. The number of methoxy groups -OCH3 is 1. The fraction of sp³-hybridized carbons (Fsp3) is 0.208. The predicted octanol–water partition coefficient (Wildman–Crippen LogP) is 2.58. The number of aryl methyl sites for hydroxylation is 2. The van der Waals surface area contributed by atoms with Crippen LogP contribution in [0.15, 0.2) is 53.3 Å². The number of ketones is 1. The monoisotopic (exact) mass is 445 g/mol. The normalized spacial score (nSPS) is 11.0. The molecule has 9 nitrogen and oxygen atoms in total. The van der Waals surface area contributed by atoms with E-state index in [9.17, 15) is 14.4 Å². The van der Waals surface area contributed by atoms with E-state index in [1.54, 1.807) is 43.3 Å². The van der Waals surface area contributed by atoms with E-state index in [2.05, 4.69) is 9.97 Å². The molecule has 2 aromatic heterocycles. The fourth-order valence-corrected chi connectivity index (χ4v) is 3.68. The molecular formula is C24H23N5O4. The average molecular weight is 445 g/mol. The van der Waals surface area contributed by atoms with Gasteiger partial charge >= 0.3 is 5.69 Å². The Morgan fingerprint density at radius 3 is 2.42 bits per heavy atom. The summed E-state index contributed by atoms with van der Waals surface area (Å²) < 4.78 is 7.88. The summed E-state index contributed by atoms with van der Waals surface area (Å²) in [6.45, 7) is 3.72. The van der Waals surface area contributed by atoms with E-state index in [1.165, 1.54) is 16.2 Å². The number of carbonyl (C=O) groups excluding carboxylic acids is 2. The number of aromatic nitrogens is 4. The van der Waals surface area contributed by atoms with Gasteiger partial charge in [-0.25, -0.2) is 14.8 Å². The van der Waals surface area contributed by atoms with Gasteiger partial charge in [0.05, 0.1) is 13.7 Å². The van der Waals surface area contributed by atoms with Gasteiger partial charge < -0.3 is 10.5 Å². The molecule has 0 bridgehead atoms. The fourth-order valence-electron chi connectivity index (χ4n) is 3.68. The summed E-state index contributed by atoms with van der Waals surface area (Å²) >= 11 is 0. The van der Waals surface area contributed by atoms with Crippen LogP contribution in [0, 0.1) is 6.92 Å². The summed E-state index contributed by atoms with van der Waals surface area (Å²) in [5.41, 5.74) is 7.50. The maximum Gasteiger partial charge on any atom is 0.330 e. The molecular weight excluding hydrogens is 422 g/mol. The summed E-state index contributed by atoms with van der Waals surface area (Å²) in [5, 5.41) is 0. The van der Waals surface area contributed by atoms with Crippen molar-refractivity contribution >= 4 is 22.9 Å². The van der Waals surface area contributed by atoms with Gasteiger partial charge in [-0.2, -0.15) is 0 Å². The Bertz CT molecular complexity index is 1430. The molecule has 0 fully saturated rings. The Morgan fingerprint density at radius 2 is 1.79 bits per heavy atom. The zero-order valence-electron chi connectivity index (χ0n) is 18.5. The lowest BCUT2D eigenvalue weighted by molar-refractivity contribution is 0.0966. The van der Waals surface area contributed by atoms with E-state index in [0.29, 0.717) is 16.9 Å². The molecule has 0 saturated carbocycles. The first-order valence-corrected chi connectivity index (χ1v) is 10.4. The number of fused-ring (bicyclic) bond motifs is 1. The van der Waals surface area contributed by atoms with Crippen LogP contribution in [0.25, 0.3) is 22.6 Å². The van der Waals surface area contributed by atoms with Crippen molar-refractivity contribution in [2.24, 2.45) is 5.73 Å². The van der Waals surface area contributed by atoms with E-state index < -0.39 is 11.6 Å². The van der Waals surface area contributed by atoms with Gasteiger partial charge in [0.15, 0.2) is 22.9 Å². The molecule has 2 N–H and O–H groups in total. The van der Waals surface area contributed by atoms with Crippen LogP contribution >= 0.6 is 0 Å². The first kappa shape index (κ1) is 21.9. The van der Waals surface area contributed by atoms with Crippen molar-refractivity contribution in [3.8, 4) is 17.1 Å². The molecule has 168 valence electrons. The smallest absolute Gasteiger partial charge is 0.330 e. The second-order valence-electron chi connectivity index (χ2n) is 7.57. The largest absolute Gasteiger partial charge is 0.497 e. The van der Waals surface area contributed by atoms with Crippen molar-refractivity contribution in [1.29, 1.82) is 0 Å². The van der Waals surface area contributed by atoms with Crippen LogP contribution in [-0.2, 0) is 13.1 Å². The van der Waals surface area contributed by atoms with E-state index in [-0.39, 0.29) is 41.6 Å². The molecule has 0 radical (unpaired) electrons. The Hall–Kier alpha value is -4.27. The Morgan fingerprint density at radius 1 is 1.06 bits per heavy atom. The van der Waals surface area contributed by atoms with Gasteiger partial charge in [0.25, 0.3) is 5.91 Å². The molecule has 33 heavy (non-hydrogen) atoms. The second-order valence-corrected chi connectivity index (χ2v) is 7.57. The highest BCUT2D eigenvalue weighted by atomic mass is 16.5. The van der Waals surface area contributed by atoms with Gasteiger partial charge in [0.1, 0.15) is 11.3 Å². The number of benzene rings is 2. The number of amides is 1. The number of nitrogens with zero attached hydrogens (tertiary/aromatic N) is 4. The van der Waals surface area contributed by atoms with E-state index in [1.807, 2.05) is 19.1 Å². The highest BCUT2D eigenvalue weighted by Crippen LogP contribution is 2.25. The van der Waals surface area contributed by atoms with Crippen LogP contribution in [0.4, 0.5) is 0 Å². The molecule has 0 aliphatic heterocycles. The van der Waals surface area contributed by atoms with Gasteiger partial charge in [0, 0.05) is 17.7 Å². The Kier molecular flexibility index (Phi) is 5.78. The van der Waals surface area contributed by atoms with E-state index >= 15 is 0 Å². The summed E-state index contributed by atoms with van der Waals surface area (Å²) in [5.74, 6) is -0.291. The summed E-state index contributed by atoms with van der Waals surface area (Å²) in [7, 11) is 1.54. The third-order valence-corrected chi connectivity index (χ3v) is 5.41. The first-order valence-electron chi connectivity index (χ1n) is 10.4. The quantitative estimate of drug-likeness (QED) is 0.436. The van der Waals surface area contributed by atoms with Crippen LogP contribution in [-0.4, -0.2) is 37.9 Å². The van der Waals surface area contributed by atoms with Crippen molar-refractivity contribution in [2.45, 2.75) is 26.9 Å². The number of imidazole rings is 1. The van der Waals surface area contributed by atoms with Crippen LogP contribution in [0.2, 0.25) is 0 Å². The zero-order valence-corrected chi connectivity index (χ0v) is 18.5. The minimum atomic E-state index is -0.823. The molecule has 0 saturated heterocycles. The number of Topliss-reactive ketones (excluding diaryl/α,β-unsaturated/α-hetero) is 1. The number of primary amides is 1. The van der Waals surface area contributed by atoms with E-state index in [4.69, 9.17) is 10.5 Å². The lowest BCUT2D eigenvalue weighted by Gasteiger charge is -2.08. The molecule has 2 heterocycles. The number of nitrogens with two attached hydrogens (primary N) is 1. The molecule has 0 spiro atoms. The lowest BCUT2D eigenvalue weighted by atomic mass is 10.1. The summed E-state index contributed by atoms with van der Waals surface area (Å²) in [4.78, 5) is 47.4. The Balaban J connectivity index is 1.92. The minimum absolute atomic E-state index is 0.126. The number of hydrogen-bond acceptors (Lipinski definition) is 6. The lowest BCUT2D eigenvalue weighted by Crippen LogP contribution is -2.27. The molecule has 0 aliphatic carbocycles. The number of carbonyl (C=O) groups is 2. The van der Waals surface area contributed by atoms with Crippen molar-refractivity contribution in [3.63, 3.8) is 0 Å². The van der Waals surface area contributed by atoms with Gasteiger partial charge in [-0.05, 0) is 26.0 Å². The van der Waals surface area contributed by atoms with Crippen molar-refractivity contribution in [3.05, 3.63) is 75.8 Å². The first-order chi connectivity index (χ1) is 15.8. The van der Waals surface area contributed by atoms with Crippen molar-refractivity contribution in [2.75, 3.05) is 7.11 Å². The summed E-state index contributed by atoms with van der Waals surface area (Å²) in [6, 6.07) is 14.1. The topological polar surface area (TPSA) is 122 Å². The minimum Gasteiger partial charge on any atom is -0.497 e. The van der Waals surface area contributed by atoms with Gasteiger partial charge in [0.2, 0.25) is 0 Å². The molecule has 0 aliphatic rings. The number of hydrogen-bond donors (Lipinski definition) is 1. The van der Waals surface area contributed by atoms with Crippen molar-refractivity contribution in [1.82, 2.24) is 19.1 Å². The third-order valence-electron chi connectivity index (χ3n) is 5.41. The van der Waals surface area contributed by atoms with Crippen molar-refractivity contribution < 1.29 is 14.3 Å². The van der Waals surface area contributed by atoms with Crippen LogP contribution in [0.1, 0.15) is 33.3 Å². The van der Waals surface area contributed by atoms with Crippen LogP contribution in [0.3, 0.4) is 0 Å². The molecule has 1 amide bonds. The summed E-state index contributed by atoms with van der Waals surface area (Å²) in [6.07, 6.45) is 0. The predicted molar refractivity (Wildman–Crippen MR) is 123 cm³/mol. The second kappa shape index (κ2) is 8.70. The average Bonchev–Trinajstić information content (AvgIpc) is 3.09. The maximum atomic E-state index is 13.2. The number of ether oxygens (including phenoxy) is 1. The third kappa shape index (κ3) is 4.00. The molecule has 9 heteroatoms. The molecule has 0 atom stereocenters. The molecule has 0 unspecified atom stereocenters.